The summed E-state index contributed by atoms with van der Waals surface area (Å²) >= 11 is 3.54. The molecule has 0 spiro atoms. The summed E-state index contributed by atoms with van der Waals surface area (Å²) in [6, 6.07) is 13.3. The molecule has 0 saturated heterocycles. The molecule has 5 nitrogen and oxygen atoms in total. The van der Waals surface area contributed by atoms with E-state index >= 15 is 0 Å². The molecule has 1 aliphatic heterocycles. The summed E-state index contributed by atoms with van der Waals surface area (Å²) in [7, 11) is -3.54. The fourth-order valence-corrected chi connectivity index (χ4v) is 6.75. The van der Waals surface area contributed by atoms with Crippen LogP contribution in [-0.4, -0.2) is 32.4 Å². The SMILES string of the molecule is CC1Cc2ccsc2C(c2cccs2)N1CCNS(=O)(=O)c1ccc(N)cc1. The Morgan fingerprint density at radius 3 is 2.64 bits per heavy atom. The van der Waals surface area contributed by atoms with Crippen LogP contribution in [0.3, 0.4) is 0 Å². The van der Waals surface area contributed by atoms with Gasteiger partial charge in [0, 0.05) is 34.6 Å². The molecule has 3 heterocycles. The van der Waals surface area contributed by atoms with Gasteiger partial charge in [0.15, 0.2) is 0 Å². The number of thiophene rings is 2. The molecular weight excluding hydrogens is 410 g/mol. The van der Waals surface area contributed by atoms with Gasteiger partial charge < -0.3 is 5.73 Å². The molecule has 2 atom stereocenters. The van der Waals surface area contributed by atoms with Crippen molar-refractivity contribution in [1.29, 1.82) is 0 Å². The van der Waals surface area contributed by atoms with E-state index in [1.807, 2.05) is 0 Å². The predicted octanol–water partition coefficient (Wildman–Crippen LogP) is 3.71. The molecule has 2 aromatic heterocycles. The van der Waals surface area contributed by atoms with Crippen molar-refractivity contribution in [2.75, 3.05) is 18.8 Å². The van der Waals surface area contributed by atoms with E-state index < -0.39 is 10.0 Å². The third-order valence-corrected chi connectivity index (χ3v) is 8.52. The van der Waals surface area contributed by atoms with Gasteiger partial charge in [-0.1, -0.05) is 6.07 Å². The number of anilines is 1. The second kappa shape index (κ2) is 7.96. The first-order chi connectivity index (χ1) is 13.5. The van der Waals surface area contributed by atoms with E-state index in [0.29, 0.717) is 24.8 Å². The standard InChI is InChI=1S/C20H23N3O2S3/c1-14-13-15-8-12-27-20(15)19(18-3-2-11-26-18)23(14)10-9-22-28(24,25)17-6-4-16(21)5-7-17/h2-8,11-12,14,19,22H,9-10,13,21H2,1H3. The minimum atomic E-state index is -3.54. The summed E-state index contributed by atoms with van der Waals surface area (Å²) in [6.45, 7) is 3.23. The average Bonchev–Trinajstić information content (AvgIpc) is 3.34. The van der Waals surface area contributed by atoms with Gasteiger partial charge in [0.1, 0.15) is 0 Å². The molecule has 1 aliphatic rings. The van der Waals surface area contributed by atoms with Crippen molar-refractivity contribution in [2.45, 2.75) is 30.3 Å². The molecule has 0 amide bonds. The van der Waals surface area contributed by atoms with Crippen molar-refractivity contribution in [3.05, 3.63) is 68.5 Å². The molecule has 2 unspecified atom stereocenters. The number of hydrogen-bond donors (Lipinski definition) is 2. The first-order valence-corrected chi connectivity index (χ1v) is 12.4. The fourth-order valence-electron chi connectivity index (χ4n) is 3.72. The number of sulfonamides is 1. The lowest BCUT2D eigenvalue weighted by atomic mass is 9.95. The topological polar surface area (TPSA) is 75.4 Å². The Morgan fingerprint density at radius 2 is 1.93 bits per heavy atom. The van der Waals surface area contributed by atoms with Gasteiger partial charge in [-0.05, 0) is 66.1 Å². The van der Waals surface area contributed by atoms with E-state index in [0.717, 1.165) is 6.42 Å². The quantitative estimate of drug-likeness (QED) is 0.581. The monoisotopic (exact) mass is 433 g/mol. The Hall–Kier alpha value is -1.71. The third-order valence-electron chi connectivity index (χ3n) is 5.11. The fraction of sp³-hybridized carbons (Fsp3) is 0.300. The molecular formula is C20H23N3O2S3. The molecule has 4 rings (SSSR count). The summed E-state index contributed by atoms with van der Waals surface area (Å²) in [5.74, 6) is 0. The highest BCUT2D eigenvalue weighted by molar-refractivity contribution is 7.89. The lowest BCUT2D eigenvalue weighted by Crippen LogP contribution is -2.45. The molecule has 0 fully saturated rings. The Kier molecular flexibility index (Phi) is 5.57. The number of fused-ring (bicyclic) bond motifs is 1. The van der Waals surface area contributed by atoms with Crippen LogP contribution in [0.4, 0.5) is 5.69 Å². The van der Waals surface area contributed by atoms with Gasteiger partial charge in [0.2, 0.25) is 10.0 Å². The van der Waals surface area contributed by atoms with Crippen molar-refractivity contribution in [2.24, 2.45) is 0 Å². The summed E-state index contributed by atoms with van der Waals surface area (Å²) in [6.07, 6.45) is 0.991. The van der Waals surface area contributed by atoms with Gasteiger partial charge in [0.05, 0.1) is 10.9 Å². The van der Waals surface area contributed by atoms with Crippen LogP contribution < -0.4 is 10.5 Å². The highest BCUT2D eigenvalue weighted by Crippen LogP contribution is 2.42. The molecule has 0 saturated carbocycles. The van der Waals surface area contributed by atoms with Crippen molar-refractivity contribution in [3.8, 4) is 0 Å². The Balaban J connectivity index is 1.51. The van der Waals surface area contributed by atoms with Crippen LogP contribution in [0.5, 0.6) is 0 Å². The van der Waals surface area contributed by atoms with Gasteiger partial charge in [-0.25, -0.2) is 13.1 Å². The van der Waals surface area contributed by atoms with Gasteiger partial charge in [-0.15, -0.1) is 22.7 Å². The Labute approximate surface area is 173 Å². The number of nitrogens with zero attached hydrogens (tertiary/aromatic N) is 1. The first-order valence-electron chi connectivity index (χ1n) is 9.16. The van der Waals surface area contributed by atoms with Crippen molar-refractivity contribution in [3.63, 3.8) is 0 Å². The molecule has 3 aromatic rings. The molecule has 8 heteroatoms. The number of rotatable bonds is 6. The molecule has 1 aromatic carbocycles. The van der Waals surface area contributed by atoms with Gasteiger partial charge in [-0.2, -0.15) is 0 Å². The van der Waals surface area contributed by atoms with E-state index in [4.69, 9.17) is 5.73 Å². The molecule has 3 N–H and O–H groups in total. The van der Waals surface area contributed by atoms with Crippen LogP contribution >= 0.6 is 22.7 Å². The van der Waals surface area contributed by atoms with E-state index in [1.165, 1.54) is 27.5 Å². The average molecular weight is 434 g/mol. The van der Waals surface area contributed by atoms with Crippen LogP contribution in [-0.2, 0) is 16.4 Å². The molecule has 0 aliphatic carbocycles. The molecule has 28 heavy (non-hydrogen) atoms. The minimum Gasteiger partial charge on any atom is -0.399 e. The van der Waals surface area contributed by atoms with E-state index in [-0.39, 0.29) is 10.9 Å². The van der Waals surface area contributed by atoms with Crippen LogP contribution in [0.15, 0.2) is 58.1 Å². The Morgan fingerprint density at radius 1 is 1.14 bits per heavy atom. The lowest BCUT2D eigenvalue weighted by molar-refractivity contribution is 0.159. The maximum Gasteiger partial charge on any atom is 0.240 e. The van der Waals surface area contributed by atoms with E-state index in [9.17, 15) is 8.42 Å². The minimum absolute atomic E-state index is 0.194. The number of benzene rings is 1. The maximum atomic E-state index is 12.6. The maximum absolute atomic E-state index is 12.6. The van der Waals surface area contributed by atoms with Crippen LogP contribution in [0.2, 0.25) is 0 Å². The number of hydrogen-bond acceptors (Lipinski definition) is 6. The highest BCUT2D eigenvalue weighted by Gasteiger charge is 2.34. The summed E-state index contributed by atoms with van der Waals surface area (Å²) in [5, 5.41) is 4.26. The normalized spacial score (nSPS) is 20.2. The second-order valence-corrected chi connectivity index (χ2v) is 10.7. The van der Waals surface area contributed by atoms with E-state index in [2.05, 4.69) is 45.5 Å². The number of nitrogens with one attached hydrogen (secondary N) is 1. The smallest absolute Gasteiger partial charge is 0.240 e. The van der Waals surface area contributed by atoms with Crippen molar-refractivity contribution in [1.82, 2.24) is 9.62 Å². The second-order valence-electron chi connectivity index (χ2n) is 6.99. The van der Waals surface area contributed by atoms with Crippen LogP contribution in [0, 0.1) is 0 Å². The van der Waals surface area contributed by atoms with Crippen molar-refractivity contribution >= 4 is 38.4 Å². The Bertz CT molecular complexity index is 1030. The number of nitrogen functional groups attached to an aromatic ring is 1. The highest BCUT2D eigenvalue weighted by atomic mass is 32.2. The zero-order valence-electron chi connectivity index (χ0n) is 15.5. The van der Waals surface area contributed by atoms with Gasteiger partial charge in [0.25, 0.3) is 0 Å². The lowest BCUT2D eigenvalue weighted by Gasteiger charge is -2.40. The largest absolute Gasteiger partial charge is 0.399 e. The van der Waals surface area contributed by atoms with Crippen LogP contribution in [0.1, 0.15) is 28.3 Å². The predicted molar refractivity (Wildman–Crippen MR) is 116 cm³/mol. The first kappa shape index (κ1) is 19.6. The number of nitrogens with two attached hydrogens (primary N) is 1. The summed E-state index contributed by atoms with van der Waals surface area (Å²) < 4.78 is 27.9. The van der Waals surface area contributed by atoms with Crippen LogP contribution in [0.25, 0.3) is 0 Å². The van der Waals surface area contributed by atoms with E-state index in [1.54, 1.807) is 34.8 Å². The molecule has 148 valence electrons. The summed E-state index contributed by atoms with van der Waals surface area (Å²) in [5.41, 5.74) is 7.61. The third kappa shape index (κ3) is 3.88. The van der Waals surface area contributed by atoms with Gasteiger partial charge >= 0.3 is 0 Å². The zero-order valence-corrected chi connectivity index (χ0v) is 18.0. The van der Waals surface area contributed by atoms with Crippen molar-refractivity contribution < 1.29 is 8.42 Å². The summed E-state index contributed by atoms with van der Waals surface area (Å²) in [4.78, 5) is 5.33. The zero-order chi connectivity index (χ0) is 19.7. The van der Waals surface area contributed by atoms with Gasteiger partial charge in [-0.3, -0.25) is 4.90 Å². The molecule has 0 radical (unpaired) electrons. The molecule has 0 bridgehead atoms.